The Labute approximate surface area is 198 Å². The second-order valence-electron chi connectivity index (χ2n) is 7.85. The number of unbranched alkanes of at least 4 members (excludes halogenated alkanes) is 4. The quantitative estimate of drug-likeness (QED) is 0.105. The molecule has 0 spiro atoms. The lowest BCUT2D eigenvalue weighted by atomic mass is 10.1. The molecule has 7 nitrogen and oxygen atoms in total. The first-order chi connectivity index (χ1) is 16.5. The summed E-state index contributed by atoms with van der Waals surface area (Å²) in [5, 5.41) is 10.8. The van der Waals surface area contributed by atoms with Crippen molar-refractivity contribution in [3.05, 3.63) is 94.0 Å². The van der Waals surface area contributed by atoms with Gasteiger partial charge in [0.05, 0.1) is 22.7 Å². The SMILES string of the molecule is CCCCCCCOC(=O)c1ccc(C(=O)Oc2ccc(-c3ccc([N+](=O)[O-])cc3)cc2)cc1. The van der Waals surface area contributed by atoms with Crippen LogP contribution in [0, 0.1) is 10.1 Å². The fraction of sp³-hybridized carbons (Fsp3) is 0.259. The minimum absolute atomic E-state index is 0.0241. The summed E-state index contributed by atoms with van der Waals surface area (Å²) in [5.74, 6) is -0.585. The molecule has 0 aromatic heterocycles. The highest BCUT2D eigenvalue weighted by molar-refractivity contribution is 5.94. The molecule has 0 atom stereocenters. The van der Waals surface area contributed by atoms with Crippen molar-refractivity contribution in [1.82, 2.24) is 0 Å². The number of carbonyl (C=O) groups excluding carboxylic acids is 2. The molecule has 7 heteroatoms. The number of benzene rings is 3. The van der Waals surface area contributed by atoms with Gasteiger partial charge < -0.3 is 9.47 Å². The minimum Gasteiger partial charge on any atom is -0.462 e. The third-order valence-electron chi connectivity index (χ3n) is 5.31. The molecule has 3 aromatic rings. The molecule has 0 aliphatic carbocycles. The Balaban J connectivity index is 1.52. The van der Waals surface area contributed by atoms with E-state index in [-0.39, 0.29) is 5.69 Å². The number of hydrogen-bond acceptors (Lipinski definition) is 6. The van der Waals surface area contributed by atoms with Crippen molar-refractivity contribution >= 4 is 17.6 Å². The summed E-state index contributed by atoms with van der Waals surface area (Å²) >= 11 is 0. The van der Waals surface area contributed by atoms with Crippen LogP contribution < -0.4 is 4.74 Å². The molecular formula is C27H27NO6. The molecule has 0 aliphatic heterocycles. The maximum atomic E-state index is 12.4. The topological polar surface area (TPSA) is 95.7 Å². The average Bonchev–Trinajstić information content (AvgIpc) is 2.86. The lowest BCUT2D eigenvalue weighted by Crippen LogP contribution is -2.10. The zero-order chi connectivity index (χ0) is 24.3. The fourth-order valence-corrected chi connectivity index (χ4v) is 3.35. The van der Waals surface area contributed by atoms with E-state index in [2.05, 4.69) is 6.92 Å². The van der Waals surface area contributed by atoms with Gasteiger partial charge in [-0.2, -0.15) is 0 Å². The van der Waals surface area contributed by atoms with Gasteiger partial charge in [-0.3, -0.25) is 10.1 Å². The Morgan fingerprint density at radius 1 is 0.735 bits per heavy atom. The van der Waals surface area contributed by atoms with Crippen molar-refractivity contribution < 1.29 is 24.0 Å². The Bertz CT molecular complexity index is 1110. The molecule has 0 fully saturated rings. The molecule has 0 N–H and O–H groups in total. The predicted molar refractivity (Wildman–Crippen MR) is 129 cm³/mol. The molecule has 0 unspecified atom stereocenters. The van der Waals surface area contributed by atoms with Crippen LogP contribution in [0.5, 0.6) is 5.75 Å². The van der Waals surface area contributed by atoms with E-state index in [1.54, 1.807) is 48.5 Å². The van der Waals surface area contributed by atoms with Crippen molar-refractivity contribution in [2.75, 3.05) is 6.61 Å². The number of carbonyl (C=O) groups is 2. The second kappa shape index (κ2) is 12.3. The first-order valence-corrected chi connectivity index (χ1v) is 11.3. The molecule has 176 valence electrons. The smallest absolute Gasteiger partial charge is 0.343 e. The monoisotopic (exact) mass is 461 g/mol. The van der Waals surface area contributed by atoms with E-state index < -0.39 is 16.9 Å². The van der Waals surface area contributed by atoms with Gasteiger partial charge in [-0.15, -0.1) is 0 Å². The Morgan fingerprint density at radius 3 is 1.82 bits per heavy atom. The minimum atomic E-state index is -0.543. The standard InChI is InChI=1S/C27H27NO6/c1-2-3-4-5-6-19-33-26(29)22-7-9-23(10-8-22)27(30)34-25-17-13-21(14-18-25)20-11-15-24(16-12-20)28(31)32/h7-18H,2-6,19H2,1H3. The van der Waals surface area contributed by atoms with Gasteiger partial charge in [0.1, 0.15) is 5.75 Å². The first-order valence-electron chi connectivity index (χ1n) is 11.3. The normalized spacial score (nSPS) is 10.5. The van der Waals surface area contributed by atoms with E-state index in [4.69, 9.17) is 9.47 Å². The van der Waals surface area contributed by atoms with Crippen LogP contribution >= 0.6 is 0 Å². The molecule has 0 heterocycles. The highest BCUT2D eigenvalue weighted by Gasteiger charge is 2.12. The van der Waals surface area contributed by atoms with Gasteiger partial charge in [-0.05, 0) is 66.1 Å². The van der Waals surface area contributed by atoms with Gasteiger partial charge in [0.25, 0.3) is 5.69 Å². The highest BCUT2D eigenvalue weighted by atomic mass is 16.6. The van der Waals surface area contributed by atoms with Crippen LogP contribution in [0.4, 0.5) is 5.69 Å². The fourth-order valence-electron chi connectivity index (χ4n) is 3.35. The number of nitrogens with zero attached hydrogens (tertiary/aromatic N) is 1. The van der Waals surface area contributed by atoms with Crippen molar-refractivity contribution in [2.45, 2.75) is 39.0 Å². The summed E-state index contributed by atoms with van der Waals surface area (Å²) in [7, 11) is 0. The van der Waals surface area contributed by atoms with Crippen LogP contribution in [0.2, 0.25) is 0 Å². The Hall–Kier alpha value is -4.00. The molecule has 34 heavy (non-hydrogen) atoms. The Kier molecular flexibility index (Phi) is 8.91. The molecule has 3 aromatic carbocycles. The van der Waals surface area contributed by atoms with Crippen LogP contribution in [0.15, 0.2) is 72.8 Å². The van der Waals surface area contributed by atoms with Gasteiger partial charge >= 0.3 is 11.9 Å². The average molecular weight is 462 g/mol. The van der Waals surface area contributed by atoms with Gasteiger partial charge in [-0.25, -0.2) is 9.59 Å². The number of ether oxygens (including phenoxy) is 2. The number of nitro benzene ring substituents is 1. The summed E-state index contributed by atoms with van der Waals surface area (Å²) in [6.07, 6.45) is 5.39. The zero-order valence-electron chi connectivity index (χ0n) is 19.1. The van der Waals surface area contributed by atoms with E-state index in [1.807, 2.05) is 0 Å². The number of nitro groups is 1. The molecule has 3 rings (SSSR count). The first kappa shape index (κ1) is 24.6. The largest absolute Gasteiger partial charge is 0.462 e. The van der Waals surface area contributed by atoms with Crippen LogP contribution in [0.25, 0.3) is 11.1 Å². The third-order valence-corrected chi connectivity index (χ3v) is 5.31. The molecule has 0 bridgehead atoms. The van der Waals surface area contributed by atoms with Gasteiger partial charge in [0.2, 0.25) is 0 Å². The van der Waals surface area contributed by atoms with Gasteiger partial charge in [0.15, 0.2) is 0 Å². The highest BCUT2D eigenvalue weighted by Crippen LogP contribution is 2.25. The van der Waals surface area contributed by atoms with Crippen LogP contribution in [0.1, 0.15) is 59.7 Å². The maximum absolute atomic E-state index is 12.4. The van der Waals surface area contributed by atoms with Crippen LogP contribution in [-0.4, -0.2) is 23.5 Å². The van der Waals surface area contributed by atoms with Gasteiger partial charge in [-0.1, -0.05) is 44.7 Å². The van der Waals surface area contributed by atoms with Crippen molar-refractivity contribution in [1.29, 1.82) is 0 Å². The van der Waals surface area contributed by atoms with E-state index in [0.29, 0.717) is 23.5 Å². The van der Waals surface area contributed by atoms with E-state index in [0.717, 1.165) is 30.4 Å². The Morgan fingerprint density at radius 2 is 1.26 bits per heavy atom. The lowest BCUT2D eigenvalue weighted by molar-refractivity contribution is -0.384. The number of esters is 2. The summed E-state index contributed by atoms with van der Waals surface area (Å²) in [5.41, 5.74) is 2.37. The van der Waals surface area contributed by atoms with Crippen molar-refractivity contribution in [2.24, 2.45) is 0 Å². The summed E-state index contributed by atoms with van der Waals surface area (Å²) in [6.45, 7) is 2.54. The van der Waals surface area contributed by atoms with E-state index in [9.17, 15) is 19.7 Å². The maximum Gasteiger partial charge on any atom is 0.343 e. The summed E-state index contributed by atoms with van der Waals surface area (Å²) in [4.78, 5) is 34.9. The molecule has 0 saturated carbocycles. The second-order valence-corrected chi connectivity index (χ2v) is 7.85. The number of non-ortho nitro benzene ring substituents is 1. The van der Waals surface area contributed by atoms with E-state index in [1.165, 1.54) is 37.1 Å². The summed E-state index contributed by atoms with van der Waals surface area (Å²) in [6, 6.07) is 19.2. The van der Waals surface area contributed by atoms with Crippen LogP contribution in [-0.2, 0) is 4.74 Å². The molecule has 0 aliphatic rings. The molecule has 0 radical (unpaired) electrons. The van der Waals surface area contributed by atoms with Crippen molar-refractivity contribution in [3.8, 4) is 16.9 Å². The molecule has 0 amide bonds. The third kappa shape index (κ3) is 7.00. The number of hydrogen-bond donors (Lipinski definition) is 0. The van der Waals surface area contributed by atoms with E-state index >= 15 is 0 Å². The predicted octanol–water partition coefficient (Wildman–Crippen LogP) is 6.61. The van der Waals surface area contributed by atoms with Crippen LogP contribution in [0.3, 0.4) is 0 Å². The zero-order valence-corrected chi connectivity index (χ0v) is 19.1. The summed E-state index contributed by atoms with van der Waals surface area (Å²) < 4.78 is 10.7. The number of rotatable bonds is 11. The van der Waals surface area contributed by atoms with Gasteiger partial charge in [0, 0.05) is 12.1 Å². The lowest BCUT2D eigenvalue weighted by Gasteiger charge is -2.07. The molecular weight excluding hydrogens is 434 g/mol. The van der Waals surface area contributed by atoms with Crippen molar-refractivity contribution in [3.63, 3.8) is 0 Å². The molecule has 0 saturated heterocycles.